The lowest BCUT2D eigenvalue weighted by Gasteiger charge is -2.21. The number of imidazole rings is 1. The molecule has 2 nitrogen and oxygen atoms in total. The van der Waals surface area contributed by atoms with Gasteiger partial charge in [0, 0.05) is 5.56 Å². The standard InChI is InChI=1S/C46H32N2/c1-31-47-42-24-11-13-26-44(42)48(31)43-25-12-10-23-40(43)46-38-22-9-8-21-37(38)45(36-20-14-19-34(29-36)32-15-4-2-5-16-32)41-30-35(27-28-39(41)46)33-17-6-3-7-18-33/h2-30H,1H3/i2D,3D,4D,5D,6D,7D,15D,16D,17D,18D. The molecule has 0 atom stereocenters. The Bertz CT molecular complexity index is 3150. The molecule has 1 heterocycles. The molecule has 0 fully saturated rings. The van der Waals surface area contributed by atoms with Crippen LogP contribution in [0.15, 0.2) is 176 Å². The molecule has 9 rings (SSSR count). The van der Waals surface area contributed by atoms with E-state index >= 15 is 0 Å². The Balaban J connectivity index is 1.42. The summed E-state index contributed by atoms with van der Waals surface area (Å²) in [5.41, 5.74) is 7.03. The van der Waals surface area contributed by atoms with Crippen molar-refractivity contribution in [2.75, 3.05) is 0 Å². The molecule has 0 aliphatic heterocycles. The first-order valence-corrected chi connectivity index (χ1v) is 15.7. The normalized spacial score (nSPS) is 14.4. The molecule has 0 N–H and O–H groups in total. The first-order chi connectivity index (χ1) is 27.9. The smallest absolute Gasteiger partial charge is 0.111 e. The SMILES string of the molecule is [2H]c1c([2H])c([2H])c(-c2cccc(-c3c4ccccc4c(-c4ccccc4-n4c(C)nc5ccccc54)c4ccc(-c5c([2H])c([2H])c([2H])c([2H])c5[2H])cc34)c2)c([2H])c1[2H]. The molecule has 0 spiro atoms. The van der Waals surface area contributed by atoms with E-state index in [1.54, 1.807) is 18.2 Å². The van der Waals surface area contributed by atoms with Crippen LogP contribution in [0.4, 0.5) is 0 Å². The summed E-state index contributed by atoms with van der Waals surface area (Å²) in [5.74, 6) is 0.812. The highest BCUT2D eigenvalue weighted by atomic mass is 15.1. The van der Waals surface area contributed by atoms with Crippen LogP contribution in [0.2, 0.25) is 0 Å². The number of benzene rings is 8. The largest absolute Gasteiger partial charge is 0.296 e. The Labute approximate surface area is 294 Å². The molecular weight excluding hydrogens is 581 g/mol. The minimum atomic E-state index is -0.475. The van der Waals surface area contributed by atoms with Crippen molar-refractivity contribution in [3.8, 4) is 50.2 Å². The Morgan fingerprint density at radius 1 is 0.479 bits per heavy atom. The number of rotatable bonds is 5. The van der Waals surface area contributed by atoms with Crippen LogP contribution in [0.1, 0.15) is 19.5 Å². The monoisotopic (exact) mass is 622 g/mol. The third kappa shape index (κ3) is 4.61. The quantitative estimate of drug-likeness (QED) is 0.175. The molecule has 0 radical (unpaired) electrons. The fraction of sp³-hybridized carbons (Fsp3) is 0.0217. The average molecular weight is 623 g/mol. The zero-order valence-corrected chi connectivity index (χ0v) is 25.9. The number of aromatic nitrogens is 2. The first kappa shape index (κ1) is 19.4. The van der Waals surface area contributed by atoms with Crippen molar-refractivity contribution in [3.05, 3.63) is 182 Å². The van der Waals surface area contributed by atoms with Gasteiger partial charge in [0.15, 0.2) is 0 Å². The van der Waals surface area contributed by atoms with Crippen molar-refractivity contribution in [1.29, 1.82) is 0 Å². The van der Waals surface area contributed by atoms with Gasteiger partial charge in [-0.3, -0.25) is 4.57 Å². The van der Waals surface area contributed by atoms with E-state index in [0.717, 1.165) is 60.8 Å². The molecule has 0 bridgehead atoms. The van der Waals surface area contributed by atoms with Gasteiger partial charge in [-0.25, -0.2) is 4.98 Å². The van der Waals surface area contributed by atoms with E-state index in [1.807, 2.05) is 85.8 Å². The second kappa shape index (κ2) is 11.5. The lowest BCUT2D eigenvalue weighted by atomic mass is 9.84. The van der Waals surface area contributed by atoms with Crippen LogP contribution >= 0.6 is 0 Å². The maximum atomic E-state index is 8.85. The summed E-state index contributed by atoms with van der Waals surface area (Å²) >= 11 is 0. The number of nitrogens with zero attached hydrogens (tertiary/aromatic N) is 2. The van der Waals surface area contributed by atoms with Crippen LogP contribution in [0.3, 0.4) is 0 Å². The fourth-order valence-electron chi connectivity index (χ4n) is 6.88. The molecular formula is C46H32N2. The average Bonchev–Trinajstić information content (AvgIpc) is 3.58. The van der Waals surface area contributed by atoms with Gasteiger partial charge in [0.1, 0.15) is 5.82 Å². The summed E-state index contributed by atoms with van der Waals surface area (Å²) in [5, 5.41) is 3.32. The zero-order chi connectivity index (χ0) is 40.7. The summed E-state index contributed by atoms with van der Waals surface area (Å²) in [6, 6.07) is 33.0. The van der Waals surface area contributed by atoms with Gasteiger partial charge in [0.25, 0.3) is 0 Å². The predicted molar refractivity (Wildman–Crippen MR) is 203 cm³/mol. The number of fused-ring (bicyclic) bond motifs is 3. The molecule has 0 saturated carbocycles. The molecule has 8 aromatic carbocycles. The minimum absolute atomic E-state index is 0.0716. The molecule has 9 aromatic rings. The molecule has 0 aliphatic rings. The molecule has 0 aliphatic carbocycles. The van der Waals surface area contributed by atoms with Crippen LogP contribution < -0.4 is 0 Å². The van der Waals surface area contributed by atoms with Crippen LogP contribution in [-0.4, -0.2) is 9.55 Å². The van der Waals surface area contributed by atoms with Crippen LogP contribution in [-0.2, 0) is 0 Å². The summed E-state index contributed by atoms with van der Waals surface area (Å²) < 4.78 is 87.3. The van der Waals surface area contributed by atoms with E-state index in [-0.39, 0.29) is 35.3 Å². The number of para-hydroxylation sites is 3. The highest BCUT2D eigenvalue weighted by Crippen LogP contribution is 2.47. The fourth-order valence-corrected chi connectivity index (χ4v) is 6.88. The molecule has 0 amide bonds. The topological polar surface area (TPSA) is 17.8 Å². The Kier molecular flexibility index (Phi) is 4.66. The summed E-state index contributed by atoms with van der Waals surface area (Å²) in [6.45, 7) is 1.98. The lowest BCUT2D eigenvalue weighted by molar-refractivity contribution is 1.00. The van der Waals surface area contributed by atoms with E-state index in [0.29, 0.717) is 16.7 Å². The van der Waals surface area contributed by atoms with Crippen molar-refractivity contribution in [2.45, 2.75) is 6.92 Å². The third-order valence-corrected chi connectivity index (χ3v) is 8.90. The van der Waals surface area contributed by atoms with Crippen LogP contribution in [0.5, 0.6) is 0 Å². The number of aryl methyl sites for hydroxylation is 1. The predicted octanol–water partition coefficient (Wildman–Crippen LogP) is 12.3. The van der Waals surface area contributed by atoms with Crippen LogP contribution in [0, 0.1) is 6.92 Å². The highest BCUT2D eigenvalue weighted by Gasteiger charge is 2.21. The van der Waals surface area contributed by atoms with E-state index in [2.05, 4.69) is 22.8 Å². The third-order valence-electron chi connectivity index (χ3n) is 8.90. The van der Waals surface area contributed by atoms with Crippen molar-refractivity contribution in [2.24, 2.45) is 0 Å². The molecule has 1 aromatic heterocycles. The maximum Gasteiger partial charge on any atom is 0.111 e. The minimum Gasteiger partial charge on any atom is -0.296 e. The van der Waals surface area contributed by atoms with Crippen molar-refractivity contribution in [1.82, 2.24) is 9.55 Å². The van der Waals surface area contributed by atoms with Gasteiger partial charge in [-0.15, -0.1) is 0 Å². The molecule has 0 saturated heterocycles. The lowest BCUT2D eigenvalue weighted by Crippen LogP contribution is -2.01. The Morgan fingerprint density at radius 2 is 1.08 bits per heavy atom. The molecule has 48 heavy (non-hydrogen) atoms. The van der Waals surface area contributed by atoms with Gasteiger partial charge in [0.05, 0.1) is 30.4 Å². The van der Waals surface area contributed by atoms with E-state index in [9.17, 15) is 0 Å². The highest BCUT2D eigenvalue weighted by molar-refractivity contribution is 6.22. The Hall–Kier alpha value is -6.25. The first-order valence-electron chi connectivity index (χ1n) is 20.7. The Morgan fingerprint density at radius 3 is 1.85 bits per heavy atom. The molecule has 0 unspecified atom stereocenters. The van der Waals surface area contributed by atoms with Gasteiger partial charge >= 0.3 is 0 Å². The molecule has 226 valence electrons. The van der Waals surface area contributed by atoms with Gasteiger partial charge < -0.3 is 0 Å². The summed E-state index contributed by atoms with van der Waals surface area (Å²) in [7, 11) is 0. The number of hydrogen-bond donors (Lipinski definition) is 0. The van der Waals surface area contributed by atoms with E-state index < -0.39 is 36.3 Å². The van der Waals surface area contributed by atoms with Gasteiger partial charge in [0.2, 0.25) is 0 Å². The summed E-state index contributed by atoms with van der Waals surface area (Å²) in [6.07, 6.45) is 0. The maximum absolute atomic E-state index is 8.85. The van der Waals surface area contributed by atoms with E-state index in [4.69, 9.17) is 18.7 Å². The number of hydrogen-bond acceptors (Lipinski definition) is 1. The van der Waals surface area contributed by atoms with Gasteiger partial charge in [-0.2, -0.15) is 0 Å². The van der Waals surface area contributed by atoms with Crippen molar-refractivity contribution >= 4 is 32.6 Å². The van der Waals surface area contributed by atoms with Crippen molar-refractivity contribution in [3.63, 3.8) is 0 Å². The molecule has 2 heteroatoms. The van der Waals surface area contributed by atoms with Crippen molar-refractivity contribution < 1.29 is 13.7 Å². The van der Waals surface area contributed by atoms with Gasteiger partial charge in [-0.05, 0) is 97.7 Å². The zero-order valence-electron chi connectivity index (χ0n) is 35.9. The second-order valence-electron chi connectivity index (χ2n) is 11.6. The van der Waals surface area contributed by atoms with Crippen LogP contribution in [0.25, 0.3) is 82.8 Å². The second-order valence-corrected chi connectivity index (χ2v) is 11.6. The van der Waals surface area contributed by atoms with Gasteiger partial charge in [-0.1, -0.05) is 145 Å². The summed E-state index contributed by atoms with van der Waals surface area (Å²) in [4.78, 5) is 4.87. The van der Waals surface area contributed by atoms with E-state index in [1.165, 1.54) is 0 Å².